The minimum Gasteiger partial charge on any atom is -0.493 e. The maximum atomic E-state index is 13.6. The summed E-state index contributed by atoms with van der Waals surface area (Å²) >= 11 is 0. The molecule has 0 spiro atoms. The molecule has 2 aromatic carbocycles. The number of carbonyl (C=O) groups excluding carboxylic acids is 3. The number of ether oxygens (including phenoxy) is 3. The van der Waals surface area contributed by atoms with Crippen LogP contribution in [-0.2, 0) is 9.59 Å². The summed E-state index contributed by atoms with van der Waals surface area (Å²) in [6.45, 7) is 0.558. The summed E-state index contributed by atoms with van der Waals surface area (Å²) in [4.78, 5) is 44.4. The van der Waals surface area contributed by atoms with E-state index in [0.717, 1.165) is 31.5 Å². The molecular weight excluding hydrogens is 464 g/mol. The van der Waals surface area contributed by atoms with E-state index in [2.05, 4.69) is 10.2 Å². The van der Waals surface area contributed by atoms with Crippen molar-refractivity contribution in [3.05, 3.63) is 35.9 Å². The van der Waals surface area contributed by atoms with Gasteiger partial charge in [-0.25, -0.2) is 0 Å². The van der Waals surface area contributed by atoms with Crippen molar-refractivity contribution < 1.29 is 28.6 Å². The van der Waals surface area contributed by atoms with Gasteiger partial charge in [0.1, 0.15) is 12.6 Å². The number of carbonyl (C=O) groups is 3. The van der Waals surface area contributed by atoms with Crippen LogP contribution in [0.1, 0.15) is 29.6 Å². The zero-order valence-corrected chi connectivity index (χ0v) is 21.3. The first-order valence-corrected chi connectivity index (χ1v) is 11.8. The lowest BCUT2D eigenvalue weighted by molar-refractivity contribution is -0.123. The van der Waals surface area contributed by atoms with E-state index in [1.165, 1.54) is 31.1 Å². The fourth-order valence-corrected chi connectivity index (χ4v) is 4.81. The Kier molecular flexibility index (Phi) is 7.23. The molecule has 0 unspecified atom stereocenters. The molecule has 0 bridgehead atoms. The highest BCUT2D eigenvalue weighted by Gasteiger charge is 2.40. The number of hydrogen-bond acceptors (Lipinski definition) is 7. The normalized spacial score (nSPS) is 16.6. The molecule has 192 valence electrons. The molecule has 3 amide bonds. The Balaban J connectivity index is 1.66. The minimum absolute atomic E-state index is 0.142. The quantitative estimate of drug-likeness (QED) is 0.629. The second kappa shape index (κ2) is 10.3. The van der Waals surface area contributed by atoms with Crippen LogP contribution < -0.4 is 29.3 Å². The Morgan fingerprint density at radius 1 is 1.00 bits per heavy atom. The first-order chi connectivity index (χ1) is 17.3. The van der Waals surface area contributed by atoms with Gasteiger partial charge in [0, 0.05) is 44.0 Å². The lowest BCUT2D eigenvalue weighted by atomic mass is 9.95. The summed E-state index contributed by atoms with van der Waals surface area (Å²) in [6, 6.07) is 8.28. The molecule has 2 aromatic rings. The number of benzene rings is 2. The molecule has 1 atom stereocenters. The molecule has 2 aliphatic rings. The number of anilines is 3. The molecule has 36 heavy (non-hydrogen) atoms. The SMILES string of the molecule is COc1cc(NC(=O)CN2C(=O)[C@H]3CCCCN3c3ccc(C(=O)N(C)C)cc32)cc(OC)c1OC. The van der Waals surface area contributed by atoms with Crippen molar-refractivity contribution in [1.29, 1.82) is 0 Å². The third-order valence-electron chi connectivity index (χ3n) is 6.53. The predicted octanol–water partition coefficient (Wildman–Crippen LogP) is 2.76. The number of piperidine rings is 1. The van der Waals surface area contributed by atoms with Crippen LogP contribution in [-0.4, -0.2) is 77.2 Å². The molecule has 2 aliphatic heterocycles. The highest BCUT2D eigenvalue weighted by atomic mass is 16.5. The fraction of sp³-hybridized carbons (Fsp3) is 0.423. The number of amides is 3. The lowest BCUT2D eigenvalue weighted by Gasteiger charge is -2.45. The van der Waals surface area contributed by atoms with E-state index in [1.54, 1.807) is 38.4 Å². The zero-order valence-electron chi connectivity index (χ0n) is 21.3. The maximum Gasteiger partial charge on any atom is 0.253 e. The first-order valence-electron chi connectivity index (χ1n) is 11.8. The first kappa shape index (κ1) is 25.2. The molecule has 1 N–H and O–H groups in total. The van der Waals surface area contributed by atoms with Crippen molar-refractivity contribution in [2.75, 3.05) is 63.6 Å². The molecule has 0 saturated carbocycles. The van der Waals surface area contributed by atoms with Crippen molar-refractivity contribution in [1.82, 2.24) is 4.90 Å². The van der Waals surface area contributed by atoms with Gasteiger partial charge in [-0.15, -0.1) is 0 Å². The number of hydrogen-bond donors (Lipinski definition) is 1. The number of nitrogens with zero attached hydrogens (tertiary/aromatic N) is 3. The summed E-state index contributed by atoms with van der Waals surface area (Å²) in [6.07, 6.45) is 2.66. The Bertz CT molecular complexity index is 1160. The Hall–Kier alpha value is -3.95. The average Bonchev–Trinajstić information content (AvgIpc) is 2.89. The third kappa shape index (κ3) is 4.62. The average molecular weight is 497 g/mol. The van der Waals surface area contributed by atoms with Crippen LogP contribution in [0.3, 0.4) is 0 Å². The molecule has 1 fully saturated rings. The second-order valence-corrected chi connectivity index (χ2v) is 8.99. The van der Waals surface area contributed by atoms with E-state index in [1.807, 2.05) is 6.07 Å². The molecule has 1 saturated heterocycles. The van der Waals surface area contributed by atoms with E-state index in [9.17, 15) is 14.4 Å². The van der Waals surface area contributed by atoms with E-state index < -0.39 is 5.91 Å². The van der Waals surface area contributed by atoms with Crippen LogP contribution in [0, 0.1) is 0 Å². The van der Waals surface area contributed by atoms with Gasteiger partial charge in [0.05, 0.1) is 32.7 Å². The molecule has 4 rings (SSSR count). The Morgan fingerprint density at radius 2 is 1.69 bits per heavy atom. The molecule has 0 aromatic heterocycles. The minimum atomic E-state index is -0.392. The molecule has 10 heteroatoms. The molecule has 10 nitrogen and oxygen atoms in total. The largest absolute Gasteiger partial charge is 0.493 e. The van der Waals surface area contributed by atoms with E-state index in [4.69, 9.17) is 14.2 Å². The summed E-state index contributed by atoms with van der Waals surface area (Å²) in [5.74, 6) is 0.503. The van der Waals surface area contributed by atoms with Crippen molar-refractivity contribution in [3.8, 4) is 17.2 Å². The lowest BCUT2D eigenvalue weighted by Crippen LogP contribution is -2.56. The van der Waals surface area contributed by atoms with Crippen LogP contribution in [0.15, 0.2) is 30.3 Å². The summed E-state index contributed by atoms with van der Waals surface area (Å²) in [5.41, 5.74) is 2.31. The topological polar surface area (TPSA) is 101 Å². The molecular formula is C26H32N4O6. The predicted molar refractivity (Wildman–Crippen MR) is 137 cm³/mol. The highest BCUT2D eigenvalue weighted by molar-refractivity contribution is 6.11. The number of nitrogens with one attached hydrogen (secondary N) is 1. The van der Waals surface area contributed by atoms with Gasteiger partial charge in [-0.3, -0.25) is 19.3 Å². The fourth-order valence-electron chi connectivity index (χ4n) is 4.81. The number of fused-ring (bicyclic) bond motifs is 3. The van der Waals surface area contributed by atoms with Crippen LogP contribution in [0.5, 0.6) is 17.2 Å². The van der Waals surface area contributed by atoms with Crippen molar-refractivity contribution in [2.24, 2.45) is 0 Å². The Labute approximate surface area is 210 Å². The number of methoxy groups -OCH3 is 3. The standard InChI is InChI=1S/C26H32N4O6/c1-28(2)25(32)16-9-10-18-20(12-16)30(26(33)19-8-6-7-11-29(18)19)15-23(31)27-17-13-21(34-3)24(36-5)22(14-17)35-4/h9-10,12-14,19H,6-8,11,15H2,1-5H3,(H,27,31)/t19-/m1/s1. The van der Waals surface area contributed by atoms with Gasteiger partial charge < -0.3 is 29.3 Å². The molecule has 2 heterocycles. The monoisotopic (exact) mass is 496 g/mol. The van der Waals surface area contributed by atoms with Crippen LogP contribution in [0.25, 0.3) is 0 Å². The Morgan fingerprint density at radius 3 is 2.31 bits per heavy atom. The van der Waals surface area contributed by atoms with Gasteiger partial charge in [0.2, 0.25) is 17.6 Å². The second-order valence-electron chi connectivity index (χ2n) is 8.99. The highest BCUT2D eigenvalue weighted by Crippen LogP contribution is 2.41. The van der Waals surface area contributed by atoms with E-state index >= 15 is 0 Å². The molecule has 0 aliphatic carbocycles. The van der Waals surface area contributed by atoms with Gasteiger partial charge in [-0.05, 0) is 37.5 Å². The van der Waals surface area contributed by atoms with Crippen molar-refractivity contribution in [2.45, 2.75) is 25.3 Å². The summed E-state index contributed by atoms with van der Waals surface area (Å²) in [5, 5.41) is 2.83. The van der Waals surface area contributed by atoms with Crippen LogP contribution >= 0.6 is 0 Å². The summed E-state index contributed by atoms with van der Waals surface area (Å²) < 4.78 is 16.1. The van der Waals surface area contributed by atoms with Crippen LogP contribution in [0.2, 0.25) is 0 Å². The van der Waals surface area contributed by atoms with Gasteiger partial charge >= 0.3 is 0 Å². The maximum absolute atomic E-state index is 13.6. The van der Waals surface area contributed by atoms with Crippen molar-refractivity contribution in [3.63, 3.8) is 0 Å². The molecule has 0 radical (unpaired) electrons. The van der Waals surface area contributed by atoms with Gasteiger partial charge in [0.15, 0.2) is 11.5 Å². The smallest absolute Gasteiger partial charge is 0.253 e. The van der Waals surface area contributed by atoms with Gasteiger partial charge in [-0.2, -0.15) is 0 Å². The van der Waals surface area contributed by atoms with Crippen molar-refractivity contribution >= 4 is 34.8 Å². The van der Waals surface area contributed by atoms with E-state index in [0.29, 0.717) is 34.2 Å². The van der Waals surface area contributed by atoms with E-state index in [-0.39, 0.29) is 24.4 Å². The summed E-state index contributed by atoms with van der Waals surface area (Å²) in [7, 11) is 7.85. The van der Waals surface area contributed by atoms with Gasteiger partial charge in [0.25, 0.3) is 5.91 Å². The third-order valence-corrected chi connectivity index (χ3v) is 6.53. The van der Waals surface area contributed by atoms with Gasteiger partial charge in [-0.1, -0.05) is 0 Å². The number of rotatable bonds is 7. The van der Waals surface area contributed by atoms with Crippen LogP contribution in [0.4, 0.5) is 17.1 Å². The zero-order chi connectivity index (χ0) is 26.0.